The zero-order valence-electron chi connectivity index (χ0n) is 15.2. The van der Waals surface area contributed by atoms with E-state index in [0.29, 0.717) is 13.0 Å². The molecule has 0 aliphatic rings. The van der Waals surface area contributed by atoms with E-state index in [2.05, 4.69) is 9.88 Å². The fourth-order valence-electron chi connectivity index (χ4n) is 2.74. The van der Waals surface area contributed by atoms with Crippen LogP contribution in [0.4, 0.5) is 0 Å². The molecule has 0 aliphatic heterocycles. The van der Waals surface area contributed by atoms with Crippen molar-refractivity contribution in [2.45, 2.75) is 20.3 Å². The van der Waals surface area contributed by atoms with Crippen LogP contribution in [0.25, 0.3) is 11.8 Å². The molecule has 2 rings (SSSR count). The second-order valence-corrected chi connectivity index (χ2v) is 5.86. The molecule has 136 valence electrons. The number of hydrogen-bond donors (Lipinski definition) is 2. The fraction of sp³-hybridized carbons (Fsp3) is 0.300. The van der Waals surface area contributed by atoms with Crippen LogP contribution in [-0.4, -0.2) is 35.8 Å². The molecule has 0 aliphatic carbocycles. The molecule has 6 nitrogen and oxygen atoms in total. The highest BCUT2D eigenvalue weighted by molar-refractivity contribution is 6.01. The summed E-state index contributed by atoms with van der Waals surface area (Å²) in [6.07, 6.45) is 2.05. The summed E-state index contributed by atoms with van der Waals surface area (Å²) in [7, 11) is 1.62. The van der Waals surface area contributed by atoms with Crippen LogP contribution in [0.2, 0.25) is 0 Å². The summed E-state index contributed by atoms with van der Waals surface area (Å²) in [6, 6.07) is 11.6. The molecule has 0 unspecified atom stereocenters. The van der Waals surface area contributed by atoms with E-state index in [1.165, 1.54) is 0 Å². The topological polar surface area (TPSA) is 87.3 Å². The van der Waals surface area contributed by atoms with Crippen LogP contribution < -0.4 is 10.1 Å². The second kappa shape index (κ2) is 8.88. The Morgan fingerprint density at radius 3 is 2.62 bits per heavy atom. The average Bonchev–Trinajstić information content (AvgIpc) is 2.93. The lowest BCUT2D eigenvalue weighted by molar-refractivity contribution is -0.117. The van der Waals surface area contributed by atoms with Gasteiger partial charge >= 0.3 is 0 Å². The Bertz CT molecular complexity index is 842. The number of nitrogens with one attached hydrogen (secondary N) is 1. The molecule has 6 heteroatoms. The van der Waals surface area contributed by atoms with E-state index in [1.54, 1.807) is 13.2 Å². The fourth-order valence-corrected chi connectivity index (χ4v) is 2.74. The third-order valence-corrected chi connectivity index (χ3v) is 4.09. The van der Waals surface area contributed by atoms with Gasteiger partial charge in [-0.1, -0.05) is 0 Å². The summed E-state index contributed by atoms with van der Waals surface area (Å²) in [5.74, 6) is 0.345. The number of nitrogens with zero attached hydrogens (tertiary/aromatic N) is 2. The minimum Gasteiger partial charge on any atom is -0.497 e. The maximum Gasteiger partial charge on any atom is 0.261 e. The Hall–Kier alpha value is -3.04. The highest BCUT2D eigenvalue weighted by atomic mass is 16.5. The molecule has 2 N–H and O–H groups in total. The zero-order valence-corrected chi connectivity index (χ0v) is 15.2. The highest BCUT2D eigenvalue weighted by Gasteiger charge is 2.13. The standard InChI is InChI=1S/C20H23N3O3/c1-14-11-16(12-17(13-21)20(25)22-9-4-10-24)15(2)23(14)18-5-7-19(26-3)8-6-18/h5-8,11-12,24H,4,9-10H2,1-3H3,(H,22,25)/b17-12-. The van der Waals surface area contributed by atoms with Gasteiger partial charge in [0.1, 0.15) is 17.4 Å². The maximum atomic E-state index is 12.1. The van der Waals surface area contributed by atoms with Crippen molar-refractivity contribution in [3.63, 3.8) is 0 Å². The quantitative estimate of drug-likeness (QED) is 0.455. The van der Waals surface area contributed by atoms with Gasteiger partial charge < -0.3 is 19.7 Å². The number of ether oxygens (including phenoxy) is 1. The predicted octanol–water partition coefficient (Wildman–Crippen LogP) is 2.51. The molecule has 0 bridgehead atoms. The Labute approximate surface area is 153 Å². The van der Waals surface area contributed by atoms with Gasteiger partial charge in [0.2, 0.25) is 0 Å². The number of hydrogen-bond acceptors (Lipinski definition) is 4. The summed E-state index contributed by atoms with van der Waals surface area (Å²) in [5.41, 5.74) is 3.76. The van der Waals surface area contributed by atoms with Gasteiger partial charge in [0.05, 0.1) is 7.11 Å². The monoisotopic (exact) mass is 353 g/mol. The van der Waals surface area contributed by atoms with E-state index in [1.807, 2.05) is 50.2 Å². The van der Waals surface area contributed by atoms with Crippen LogP contribution in [-0.2, 0) is 4.79 Å². The molecule has 2 aromatic rings. The average molecular weight is 353 g/mol. The van der Waals surface area contributed by atoms with Crippen LogP contribution >= 0.6 is 0 Å². The lowest BCUT2D eigenvalue weighted by Crippen LogP contribution is -2.26. The first-order chi connectivity index (χ1) is 12.5. The maximum absolute atomic E-state index is 12.1. The first-order valence-electron chi connectivity index (χ1n) is 8.36. The SMILES string of the molecule is COc1ccc(-n2c(C)cc(/C=C(/C#N)C(=O)NCCCO)c2C)cc1. The van der Waals surface area contributed by atoms with Crippen molar-refractivity contribution in [2.24, 2.45) is 0 Å². The molecule has 0 atom stereocenters. The minimum absolute atomic E-state index is 0.00506. The number of aromatic nitrogens is 1. The number of carbonyl (C=O) groups excluding carboxylic acids is 1. The number of benzene rings is 1. The Kier molecular flexibility index (Phi) is 6.59. The summed E-state index contributed by atoms with van der Waals surface area (Å²) >= 11 is 0. The van der Waals surface area contributed by atoms with Crippen LogP contribution in [0.5, 0.6) is 5.75 Å². The van der Waals surface area contributed by atoms with Crippen molar-refractivity contribution in [3.8, 4) is 17.5 Å². The lowest BCUT2D eigenvalue weighted by Gasteiger charge is -2.10. The summed E-state index contributed by atoms with van der Waals surface area (Å²) in [6.45, 7) is 4.25. The Balaban J connectivity index is 2.33. The van der Waals surface area contributed by atoms with Gasteiger partial charge in [-0.25, -0.2) is 0 Å². The van der Waals surface area contributed by atoms with Crippen LogP contribution in [0.1, 0.15) is 23.4 Å². The van der Waals surface area contributed by atoms with Crippen molar-refractivity contribution >= 4 is 12.0 Å². The molecule has 0 spiro atoms. The summed E-state index contributed by atoms with van der Waals surface area (Å²) in [5, 5.41) is 20.7. The minimum atomic E-state index is -0.435. The number of amides is 1. The zero-order chi connectivity index (χ0) is 19.1. The summed E-state index contributed by atoms with van der Waals surface area (Å²) < 4.78 is 7.25. The van der Waals surface area contributed by atoms with E-state index >= 15 is 0 Å². The number of nitriles is 1. The van der Waals surface area contributed by atoms with Gasteiger partial charge in [0.15, 0.2) is 0 Å². The molecule has 1 heterocycles. The Morgan fingerprint density at radius 2 is 2.04 bits per heavy atom. The first kappa shape index (κ1) is 19.3. The van der Waals surface area contributed by atoms with Crippen molar-refractivity contribution < 1.29 is 14.6 Å². The van der Waals surface area contributed by atoms with Gasteiger partial charge in [0.25, 0.3) is 5.91 Å². The van der Waals surface area contributed by atoms with E-state index < -0.39 is 5.91 Å². The molecule has 26 heavy (non-hydrogen) atoms. The summed E-state index contributed by atoms with van der Waals surface area (Å²) in [4.78, 5) is 12.1. The third-order valence-electron chi connectivity index (χ3n) is 4.09. The molecule has 0 saturated carbocycles. The third kappa shape index (κ3) is 4.32. The van der Waals surface area contributed by atoms with E-state index in [0.717, 1.165) is 28.4 Å². The molecular weight excluding hydrogens is 330 g/mol. The second-order valence-electron chi connectivity index (χ2n) is 5.86. The van der Waals surface area contributed by atoms with Crippen LogP contribution in [0.15, 0.2) is 35.9 Å². The molecule has 1 aromatic heterocycles. The van der Waals surface area contributed by atoms with Crippen molar-refractivity contribution in [1.82, 2.24) is 9.88 Å². The normalized spacial score (nSPS) is 11.1. The smallest absolute Gasteiger partial charge is 0.261 e. The molecule has 0 fully saturated rings. The molecule has 1 aromatic carbocycles. The van der Waals surface area contributed by atoms with Gasteiger partial charge in [-0.15, -0.1) is 0 Å². The Morgan fingerprint density at radius 1 is 1.35 bits per heavy atom. The van der Waals surface area contributed by atoms with E-state index in [4.69, 9.17) is 9.84 Å². The molecule has 0 saturated heterocycles. The van der Waals surface area contributed by atoms with Gasteiger partial charge in [-0.3, -0.25) is 4.79 Å². The van der Waals surface area contributed by atoms with E-state index in [9.17, 15) is 10.1 Å². The van der Waals surface area contributed by atoms with Crippen molar-refractivity contribution in [1.29, 1.82) is 5.26 Å². The van der Waals surface area contributed by atoms with Gasteiger partial charge in [0, 0.05) is 30.2 Å². The van der Waals surface area contributed by atoms with Crippen molar-refractivity contribution in [3.05, 3.63) is 52.9 Å². The lowest BCUT2D eigenvalue weighted by atomic mass is 10.1. The molecule has 1 amide bonds. The number of aliphatic hydroxyl groups is 1. The highest BCUT2D eigenvalue weighted by Crippen LogP contribution is 2.24. The number of aryl methyl sites for hydroxylation is 1. The number of carbonyl (C=O) groups is 1. The van der Waals surface area contributed by atoms with E-state index in [-0.39, 0.29) is 12.2 Å². The number of aliphatic hydroxyl groups excluding tert-OH is 1. The number of methoxy groups -OCH3 is 1. The first-order valence-corrected chi connectivity index (χ1v) is 8.36. The van der Waals surface area contributed by atoms with Gasteiger partial charge in [-0.05, 0) is 62.2 Å². The largest absolute Gasteiger partial charge is 0.497 e. The molecular formula is C20H23N3O3. The van der Waals surface area contributed by atoms with Gasteiger partial charge in [-0.2, -0.15) is 5.26 Å². The number of rotatable bonds is 7. The molecule has 0 radical (unpaired) electrons. The van der Waals surface area contributed by atoms with Crippen LogP contribution in [0.3, 0.4) is 0 Å². The van der Waals surface area contributed by atoms with Crippen LogP contribution in [0, 0.1) is 25.2 Å². The van der Waals surface area contributed by atoms with Crippen molar-refractivity contribution in [2.75, 3.05) is 20.3 Å². The predicted molar refractivity (Wildman–Crippen MR) is 100 cm³/mol.